The predicted octanol–water partition coefficient (Wildman–Crippen LogP) is 1.51. The average molecular weight is 161 g/mol. The van der Waals surface area contributed by atoms with E-state index < -0.39 is 0 Å². The Morgan fingerprint density at radius 2 is 2.40 bits per heavy atom. The number of rotatable bonds is 5. The molecule has 0 bridgehead atoms. The van der Waals surface area contributed by atoms with Crippen molar-refractivity contribution < 1.29 is 9.53 Å². The first-order valence-electron chi connectivity index (χ1n) is 3.25. The first-order chi connectivity index (χ1) is 4.81. The fourth-order valence-corrected chi connectivity index (χ4v) is 0.814. The van der Waals surface area contributed by atoms with Gasteiger partial charge in [-0.25, -0.2) is 0 Å². The van der Waals surface area contributed by atoms with Crippen LogP contribution in [0.5, 0.6) is 0 Å². The van der Waals surface area contributed by atoms with E-state index in [-0.39, 0.29) is 5.97 Å². The van der Waals surface area contributed by atoms with Crippen LogP contribution in [0.1, 0.15) is 12.8 Å². The van der Waals surface area contributed by atoms with Gasteiger partial charge in [0.05, 0.1) is 13.3 Å². The van der Waals surface area contributed by atoms with Crippen LogP contribution >= 0.6 is 11.8 Å². The minimum absolute atomic E-state index is 0.113. The molecule has 2 nitrogen and oxygen atoms in total. The van der Waals surface area contributed by atoms with Crippen LogP contribution in [0.2, 0.25) is 0 Å². The zero-order valence-electron chi connectivity index (χ0n) is 6.26. The summed E-state index contributed by atoms with van der Waals surface area (Å²) >= 11 is 1.65. The topological polar surface area (TPSA) is 26.3 Å². The van der Waals surface area contributed by atoms with Crippen LogP contribution in [0.25, 0.3) is 0 Å². The summed E-state index contributed by atoms with van der Waals surface area (Å²) < 4.78 is 4.78. The molecule has 0 saturated carbocycles. The molecule has 0 aliphatic heterocycles. The summed E-state index contributed by atoms with van der Waals surface area (Å²) in [6.07, 6.45) is 3.14. The molecular weight excluding hydrogens is 148 g/mol. The van der Waals surface area contributed by atoms with E-state index in [0.29, 0.717) is 19.4 Å². The van der Waals surface area contributed by atoms with Gasteiger partial charge >= 0.3 is 5.97 Å². The van der Waals surface area contributed by atoms with Gasteiger partial charge < -0.3 is 4.74 Å². The molecule has 58 valence electrons. The Hall–Kier alpha value is -0.310. The Bertz CT molecular complexity index is 83.6. The molecule has 0 N–H and O–H groups in total. The number of thioether (sulfide) groups is 1. The second-order valence-corrected chi connectivity index (χ2v) is 2.80. The molecule has 0 spiro atoms. The highest BCUT2D eigenvalue weighted by molar-refractivity contribution is 7.98. The molecule has 3 heteroatoms. The summed E-state index contributed by atoms with van der Waals surface area (Å²) in [7, 11) is 0. The molecule has 0 amide bonds. The number of hydrogen-bond acceptors (Lipinski definition) is 3. The molecule has 0 aromatic rings. The van der Waals surface area contributed by atoms with Gasteiger partial charge in [-0.15, -0.1) is 0 Å². The summed E-state index contributed by atoms with van der Waals surface area (Å²) in [6, 6.07) is 0. The Labute approximate surface area is 66.3 Å². The minimum Gasteiger partial charge on any atom is -0.461 e. The normalized spacial score (nSPS) is 9.30. The van der Waals surface area contributed by atoms with Crippen LogP contribution in [0.3, 0.4) is 0 Å². The lowest BCUT2D eigenvalue weighted by Crippen LogP contribution is -2.05. The average Bonchev–Trinajstić information content (AvgIpc) is 1.97. The van der Waals surface area contributed by atoms with E-state index in [1.165, 1.54) is 0 Å². The highest BCUT2D eigenvalue weighted by atomic mass is 32.2. The summed E-state index contributed by atoms with van der Waals surface area (Å²) in [5, 5.41) is 0. The third-order valence-corrected chi connectivity index (χ3v) is 1.53. The molecule has 0 aromatic heterocycles. The van der Waals surface area contributed by atoms with Crippen LogP contribution in [-0.4, -0.2) is 24.6 Å². The van der Waals surface area contributed by atoms with Gasteiger partial charge in [0.15, 0.2) is 0 Å². The number of hydrogen-bond donors (Lipinski definition) is 0. The van der Waals surface area contributed by atoms with E-state index in [1.807, 2.05) is 6.26 Å². The van der Waals surface area contributed by atoms with E-state index in [0.717, 1.165) is 5.75 Å². The van der Waals surface area contributed by atoms with Crippen molar-refractivity contribution in [2.24, 2.45) is 0 Å². The van der Waals surface area contributed by atoms with E-state index in [9.17, 15) is 4.79 Å². The summed E-state index contributed by atoms with van der Waals surface area (Å²) in [5.41, 5.74) is 0. The van der Waals surface area contributed by atoms with E-state index in [4.69, 9.17) is 4.74 Å². The quantitative estimate of drug-likeness (QED) is 0.451. The van der Waals surface area contributed by atoms with Gasteiger partial charge in [-0.1, -0.05) is 0 Å². The standard InChI is InChI=1S/C7H13O2S/c1-3-5-9-7(8)4-6-10-2/h1,3-6H2,2H3/q+1. The van der Waals surface area contributed by atoms with Gasteiger partial charge in [0, 0.05) is 5.75 Å². The lowest BCUT2D eigenvalue weighted by Gasteiger charge is -1.98. The molecule has 0 heterocycles. The van der Waals surface area contributed by atoms with E-state index in [2.05, 4.69) is 6.92 Å². The van der Waals surface area contributed by atoms with Crippen molar-refractivity contribution >= 4 is 17.7 Å². The fourth-order valence-electron chi connectivity index (χ4n) is 0.444. The molecule has 0 atom stereocenters. The van der Waals surface area contributed by atoms with Crippen LogP contribution in [0, 0.1) is 6.92 Å². The van der Waals surface area contributed by atoms with Crippen molar-refractivity contribution in [2.45, 2.75) is 12.8 Å². The highest BCUT2D eigenvalue weighted by Crippen LogP contribution is 1.97. The highest BCUT2D eigenvalue weighted by Gasteiger charge is 2.00. The Balaban J connectivity index is 3.09. The maximum Gasteiger partial charge on any atom is 0.306 e. The lowest BCUT2D eigenvalue weighted by atomic mass is 10.5. The van der Waals surface area contributed by atoms with Crippen LogP contribution < -0.4 is 0 Å². The second kappa shape index (κ2) is 6.81. The van der Waals surface area contributed by atoms with E-state index >= 15 is 0 Å². The number of esters is 1. The largest absolute Gasteiger partial charge is 0.461 e. The van der Waals surface area contributed by atoms with Crippen LogP contribution in [0.15, 0.2) is 0 Å². The smallest absolute Gasteiger partial charge is 0.306 e. The van der Waals surface area contributed by atoms with E-state index in [1.54, 1.807) is 11.8 Å². The van der Waals surface area contributed by atoms with Crippen molar-refractivity contribution in [1.82, 2.24) is 0 Å². The van der Waals surface area contributed by atoms with Crippen molar-refractivity contribution in [3.63, 3.8) is 0 Å². The van der Waals surface area contributed by atoms with Crippen molar-refractivity contribution in [3.05, 3.63) is 6.92 Å². The van der Waals surface area contributed by atoms with Crippen molar-refractivity contribution in [1.29, 1.82) is 0 Å². The Morgan fingerprint density at radius 3 is 2.90 bits per heavy atom. The number of carbonyl (C=O) groups is 1. The molecule has 0 radical (unpaired) electrons. The summed E-state index contributed by atoms with van der Waals surface area (Å²) in [6.45, 7) is 4.01. The molecule has 0 aliphatic rings. The monoisotopic (exact) mass is 161 g/mol. The molecule has 10 heavy (non-hydrogen) atoms. The molecule has 0 rings (SSSR count). The fraction of sp³-hybridized carbons (Fsp3) is 0.714. The van der Waals surface area contributed by atoms with Gasteiger partial charge in [0.2, 0.25) is 0 Å². The van der Waals surface area contributed by atoms with Crippen LogP contribution in [-0.2, 0) is 9.53 Å². The first kappa shape index (κ1) is 9.69. The second-order valence-electron chi connectivity index (χ2n) is 1.82. The minimum atomic E-state index is -0.113. The third-order valence-electron chi connectivity index (χ3n) is 0.918. The van der Waals surface area contributed by atoms with Gasteiger partial charge in [-0.2, -0.15) is 11.8 Å². The zero-order valence-corrected chi connectivity index (χ0v) is 7.08. The summed E-state index contributed by atoms with van der Waals surface area (Å²) in [5.74, 6) is 0.730. The zero-order chi connectivity index (χ0) is 7.82. The Morgan fingerprint density at radius 1 is 1.70 bits per heavy atom. The van der Waals surface area contributed by atoms with Crippen molar-refractivity contribution in [3.8, 4) is 0 Å². The van der Waals surface area contributed by atoms with Gasteiger partial charge in [0.25, 0.3) is 0 Å². The molecule has 0 unspecified atom stereocenters. The lowest BCUT2D eigenvalue weighted by molar-refractivity contribution is -0.142. The van der Waals surface area contributed by atoms with Crippen LogP contribution in [0.4, 0.5) is 0 Å². The Kier molecular flexibility index (Phi) is 6.59. The molecule has 0 saturated heterocycles. The van der Waals surface area contributed by atoms with Gasteiger partial charge in [-0.3, -0.25) is 4.79 Å². The predicted molar refractivity (Wildman–Crippen MR) is 43.9 cm³/mol. The SMILES string of the molecule is [CH2+]CCOC(=O)CCSC. The van der Waals surface area contributed by atoms with Gasteiger partial charge in [0.1, 0.15) is 13.0 Å². The summed E-state index contributed by atoms with van der Waals surface area (Å²) in [4.78, 5) is 10.7. The molecular formula is C7H13O2S+. The first-order valence-corrected chi connectivity index (χ1v) is 4.64. The molecule has 0 fully saturated rings. The maximum absolute atomic E-state index is 10.7. The third kappa shape index (κ3) is 5.82. The van der Waals surface area contributed by atoms with Crippen molar-refractivity contribution in [2.75, 3.05) is 18.6 Å². The molecule has 0 aromatic carbocycles. The van der Waals surface area contributed by atoms with Gasteiger partial charge in [-0.05, 0) is 6.26 Å². The number of ether oxygens (including phenoxy) is 1. The molecule has 0 aliphatic carbocycles. The maximum atomic E-state index is 10.7. The number of carbonyl (C=O) groups excluding carboxylic acids is 1.